The van der Waals surface area contributed by atoms with Gasteiger partial charge in [0.1, 0.15) is 5.76 Å². The van der Waals surface area contributed by atoms with Crippen LogP contribution in [-0.4, -0.2) is 24.4 Å². The topological polar surface area (TPSA) is 26.3 Å². The molecule has 0 unspecified atom stereocenters. The lowest BCUT2D eigenvalue weighted by Crippen LogP contribution is -2.20. The van der Waals surface area contributed by atoms with Crippen molar-refractivity contribution in [2.45, 2.75) is 6.18 Å². The number of halogens is 4. The number of alkyl halides is 4. The Bertz CT molecular complexity index is 191. The van der Waals surface area contributed by atoms with Gasteiger partial charge in [-0.25, -0.2) is 0 Å². The molecule has 0 amide bonds. The van der Waals surface area contributed by atoms with Crippen molar-refractivity contribution < 1.29 is 22.7 Å². The maximum absolute atomic E-state index is 11.6. The fraction of sp³-hybridized carbons (Fsp3) is 0.500. The van der Waals surface area contributed by atoms with Gasteiger partial charge in [0.2, 0.25) is 0 Å². The molecule has 0 atom stereocenters. The van der Waals surface area contributed by atoms with E-state index >= 15 is 0 Å². The van der Waals surface area contributed by atoms with Gasteiger partial charge in [-0.3, -0.25) is 4.79 Å². The number of carbonyl (C=O) groups is 1. The Morgan fingerprint density at radius 3 is 2.33 bits per heavy atom. The van der Waals surface area contributed by atoms with Crippen molar-refractivity contribution in [3.8, 4) is 0 Å². The smallest absolute Gasteiger partial charge is 0.454 e. The second-order valence-electron chi connectivity index (χ2n) is 1.81. The van der Waals surface area contributed by atoms with Gasteiger partial charge in [-0.15, -0.1) is 0 Å². The number of hydrogen-bond acceptors (Lipinski definition) is 2. The minimum Gasteiger partial charge on any atom is -0.500 e. The van der Waals surface area contributed by atoms with Gasteiger partial charge in [0.15, 0.2) is 0 Å². The summed E-state index contributed by atoms with van der Waals surface area (Å²) in [7, 11) is 1.19. The van der Waals surface area contributed by atoms with Gasteiger partial charge in [0.05, 0.1) is 12.4 Å². The van der Waals surface area contributed by atoms with Crippen molar-refractivity contribution in [2.75, 3.05) is 12.4 Å². The molecule has 0 aliphatic rings. The average molecular weight is 247 g/mol. The second-order valence-corrected chi connectivity index (χ2v) is 2.37. The van der Waals surface area contributed by atoms with Crippen LogP contribution in [0.2, 0.25) is 0 Å². The minimum absolute atomic E-state index is 0.0580. The van der Waals surface area contributed by atoms with E-state index in [4.69, 9.17) is 0 Å². The molecule has 0 spiro atoms. The van der Waals surface area contributed by atoms with Crippen molar-refractivity contribution in [2.24, 2.45) is 0 Å². The van der Waals surface area contributed by atoms with E-state index in [1.165, 1.54) is 7.11 Å². The van der Waals surface area contributed by atoms with Crippen molar-refractivity contribution >= 4 is 21.7 Å². The van der Waals surface area contributed by atoms with Crippen LogP contribution in [0.3, 0.4) is 0 Å². The number of rotatable bonds is 3. The number of ketones is 1. The molecule has 6 heteroatoms. The van der Waals surface area contributed by atoms with E-state index in [2.05, 4.69) is 20.7 Å². The van der Waals surface area contributed by atoms with Crippen molar-refractivity contribution in [1.29, 1.82) is 0 Å². The standard InChI is InChI=1S/C6H6BrF3O2/c1-12-4(3-7)2-5(11)6(8,9)10/h2H,3H2,1H3/b4-2-. The van der Waals surface area contributed by atoms with Gasteiger partial charge in [-0.1, -0.05) is 15.9 Å². The molecular weight excluding hydrogens is 241 g/mol. The fourth-order valence-corrected chi connectivity index (χ4v) is 0.771. The number of methoxy groups -OCH3 is 1. The Hall–Kier alpha value is -0.520. The first-order valence-corrected chi connectivity index (χ1v) is 3.95. The highest BCUT2D eigenvalue weighted by molar-refractivity contribution is 9.09. The third kappa shape index (κ3) is 3.75. The third-order valence-electron chi connectivity index (χ3n) is 0.965. The maximum atomic E-state index is 11.6. The van der Waals surface area contributed by atoms with Crippen LogP contribution in [0.5, 0.6) is 0 Å². The second kappa shape index (κ2) is 4.49. The number of ether oxygens (including phenoxy) is 1. The maximum Gasteiger partial charge on any atom is 0.454 e. The molecule has 12 heavy (non-hydrogen) atoms. The highest BCUT2D eigenvalue weighted by Crippen LogP contribution is 2.17. The van der Waals surface area contributed by atoms with Crippen LogP contribution in [0.25, 0.3) is 0 Å². The monoisotopic (exact) mass is 246 g/mol. The summed E-state index contributed by atoms with van der Waals surface area (Å²) in [6.45, 7) is 0. The van der Waals surface area contributed by atoms with Crippen molar-refractivity contribution in [3.05, 3.63) is 11.8 Å². The summed E-state index contributed by atoms with van der Waals surface area (Å²) >= 11 is 2.86. The van der Waals surface area contributed by atoms with Gasteiger partial charge in [-0.2, -0.15) is 13.2 Å². The van der Waals surface area contributed by atoms with Gasteiger partial charge in [0.25, 0.3) is 5.78 Å². The van der Waals surface area contributed by atoms with Crippen LogP contribution < -0.4 is 0 Å². The van der Waals surface area contributed by atoms with Gasteiger partial charge >= 0.3 is 6.18 Å². The molecule has 0 bridgehead atoms. The lowest BCUT2D eigenvalue weighted by molar-refractivity contribution is -0.165. The van der Waals surface area contributed by atoms with Gasteiger partial charge in [-0.05, 0) is 0 Å². The first kappa shape index (κ1) is 11.5. The van der Waals surface area contributed by atoms with E-state index in [1.807, 2.05) is 0 Å². The first-order chi connectivity index (χ1) is 5.41. The molecule has 0 saturated carbocycles. The van der Waals surface area contributed by atoms with E-state index in [0.29, 0.717) is 6.08 Å². The number of hydrogen-bond donors (Lipinski definition) is 0. The van der Waals surface area contributed by atoms with E-state index in [1.54, 1.807) is 0 Å². The molecule has 0 heterocycles. The van der Waals surface area contributed by atoms with Crippen LogP contribution in [0, 0.1) is 0 Å². The van der Waals surface area contributed by atoms with E-state index in [0.717, 1.165) is 0 Å². The van der Waals surface area contributed by atoms with Crippen molar-refractivity contribution in [1.82, 2.24) is 0 Å². The summed E-state index contributed by atoms with van der Waals surface area (Å²) in [5, 5.41) is 0.0747. The summed E-state index contributed by atoms with van der Waals surface area (Å²) < 4.78 is 39.3. The number of carbonyl (C=O) groups excluding carboxylic acids is 1. The Labute approximate surface area is 75.5 Å². The van der Waals surface area contributed by atoms with Crippen LogP contribution in [0.1, 0.15) is 0 Å². The Morgan fingerprint density at radius 2 is 2.08 bits per heavy atom. The molecule has 0 saturated heterocycles. The van der Waals surface area contributed by atoms with Gasteiger partial charge < -0.3 is 4.74 Å². The van der Waals surface area contributed by atoms with Crippen LogP contribution in [0.15, 0.2) is 11.8 Å². The predicted octanol–water partition coefficient (Wildman–Crippen LogP) is 2.04. The lowest BCUT2D eigenvalue weighted by atomic mass is 10.3. The molecule has 0 N–H and O–H groups in total. The Balaban J connectivity index is 4.42. The minimum atomic E-state index is -4.83. The summed E-state index contributed by atoms with van der Waals surface area (Å²) in [5.74, 6) is -1.98. The summed E-state index contributed by atoms with van der Waals surface area (Å²) in [4.78, 5) is 10.3. The normalized spacial score (nSPS) is 12.9. The zero-order valence-electron chi connectivity index (χ0n) is 6.11. The molecule has 0 aliphatic carbocycles. The molecular formula is C6H6BrF3O2. The van der Waals surface area contributed by atoms with E-state index in [9.17, 15) is 18.0 Å². The molecule has 0 fully saturated rings. The van der Waals surface area contributed by atoms with E-state index < -0.39 is 12.0 Å². The highest BCUT2D eigenvalue weighted by Gasteiger charge is 2.36. The summed E-state index contributed by atoms with van der Waals surface area (Å²) in [6.07, 6.45) is -4.42. The van der Waals surface area contributed by atoms with Crippen molar-refractivity contribution in [3.63, 3.8) is 0 Å². The molecule has 0 aliphatic heterocycles. The average Bonchev–Trinajstić information content (AvgIpc) is 1.97. The number of allylic oxidation sites excluding steroid dienone is 2. The molecule has 0 radical (unpaired) electrons. The molecule has 0 rings (SSSR count). The summed E-state index contributed by atoms with van der Waals surface area (Å²) in [5.41, 5.74) is 0. The fourth-order valence-electron chi connectivity index (χ4n) is 0.380. The van der Waals surface area contributed by atoms with Crippen LogP contribution in [0.4, 0.5) is 13.2 Å². The van der Waals surface area contributed by atoms with Crippen LogP contribution in [-0.2, 0) is 9.53 Å². The van der Waals surface area contributed by atoms with Crippen LogP contribution >= 0.6 is 15.9 Å². The SMILES string of the molecule is CO/C(=C\C(=O)C(F)(F)F)CBr. The Morgan fingerprint density at radius 1 is 1.58 bits per heavy atom. The molecule has 70 valence electrons. The molecule has 0 aromatic carbocycles. The van der Waals surface area contributed by atoms with E-state index in [-0.39, 0.29) is 11.1 Å². The summed E-state index contributed by atoms with van der Waals surface area (Å²) in [6, 6.07) is 0. The third-order valence-corrected chi connectivity index (χ3v) is 1.52. The quantitative estimate of drug-likeness (QED) is 0.433. The Kier molecular flexibility index (Phi) is 4.30. The lowest BCUT2D eigenvalue weighted by Gasteiger charge is -2.03. The zero-order chi connectivity index (χ0) is 9.78. The highest BCUT2D eigenvalue weighted by atomic mass is 79.9. The first-order valence-electron chi connectivity index (χ1n) is 2.83. The van der Waals surface area contributed by atoms with Gasteiger partial charge in [0, 0.05) is 6.08 Å². The molecule has 2 nitrogen and oxygen atoms in total. The largest absolute Gasteiger partial charge is 0.500 e. The zero-order valence-corrected chi connectivity index (χ0v) is 7.70. The predicted molar refractivity (Wildman–Crippen MR) is 39.9 cm³/mol. The molecule has 0 aromatic rings. The molecule has 0 aromatic heterocycles.